The molecule has 3 heterocycles. The van der Waals surface area contributed by atoms with Crippen molar-refractivity contribution in [2.75, 3.05) is 6.54 Å². The second kappa shape index (κ2) is 15.0. The number of aromatic amines is 1. The predicted octanol–water partition coefficient (Wildman–Crippen LogP) is 6.39. The standard InChI is InChI=1S/C18H20N6.C11H17N/c1-3-14(6-4-5-13(2)10-19)16-9-18(23-22-16)24-8-7-15-17(11-24)21-12-20-15;1-4-5-6-7-10(2)11(3)8-9-12/h4-6,12H,2-3,7-9,11H2,1H3,(H,20,21);5-9,12H,4H2,1-3H3/b5-4-,14-6+;6-5-,10-7-,11-8+,12-9?. The van der Waals surface area contributed by atoms with Crippen LogP contribution in [0.5, 0.6) is 0 Å². The van der Waals surface area contributed by atoms with Crippen LogP contribution in [0, 0.1) is 16.7 Å². The lowest BCUT2D eigenvalue weighted by molar-refractivity contribution is 0.383. The summed E-state index contributed by atoms with van der Waals surface area (Å²) in [5.41, 5.74) is 7.25. The Morgan fingerprint density at radius 2 is 1.97 bits per heavy atom. The number of fused-ring (bicyclic) bond motifs is 1. The summed E-state index contributed by atoms with van der Waals surface area (Å²) < 4.78 is 0. The highest BCUT2D eigenvalue weighted by Crippen LogP contribution is 2.21. The Kier molecular flexibility index (Phi) is 11.8. The molecule has 0 radical (unpaired) electrons. The first-order chi connectivity index (χ1) is 17.4. The zero-order valence-corrected chi connectivity index (χ0v) is 21.9. The lowest BCUT2D eigenvalue weighted by atomic mass is 10.0. The molecule has 0 saturated heterocycles. The monoisotopic (exact) mass is 483 g/mol. The van der Waals surface area contributed by atoms with E-state index in [-0.39, 0.29) is 0 Å². The van der Waals surface area contributed by atoms with Crippen LogP contribution in [0.2, 0.25) is 0 Å². The van der Waals surface area contributed by atoms with Gasteiger partial charge in [0.15, 0.2) is 0 Å². The topological polar surface area (TPSA) is 104 Å². The van der Waals surface area contributed by atoms with Gasteiger partial charge in [0.05, 0.1) is 42.5 Å². The molecule has 0 amide bonds. The normalized spacial score (nSPS) is 16.3. The van der Waals surface area contributed by atoms with Crippen LogP contribution < -0.4 is 0 Å². The molecular weight excluding hydrogens is 446 g/mol. The molecule has 1 aromatic rings. The van der Waals surface area contributed by atoms with Crippen LogP contribution in [-0.2, 0) is 13.0 Å². The third-order valence-electron chi connectivity index (χ3n) is 5.92. The van der Waals surface area contributed by atoms with Crippen LogP contribution >= 0.6 is 0 Å². The number of hydrogen-bond acceptors (Lipinski definition) is 6. The lowest BCUT2D eigenvalue weighted by Gasteiger charge is -2.27. The summed E-state index contributed by atoms with van der Waals surface area (Å²) >= 11 is 0. The molecule has 0 bridgehead atoms. The Balaban J connectivity index is 0.000000324. The number of nitrogens with one attached hydrogen (secondary N) is 2. The Morgan fingerprint density at radius 3 is 2.67 bits per heavy atom. The number of imidazole rings is 1. The second-order valence-electron chi connectivity index (χ2n) is 8.48. The Bertz CT molecular complexity index is 1180. The maximum absolute atomic E-state index is 8.73. The summed E-state index contributed by atoms with van der Waals surface area (Å²) in [5.74, 6) is 1.01. The first-order valence-corrected chi connectivity index (χ1v) is 12.3. The third-order valence-corrected chi connectivity index (χ3v) is 5.92. The highest BCUT2D eigenvalue weighted by molar-refractivity contribution is 6.14. The van der Waals surface area contributed by atoms with E-state index in [0.717, 1.165) is 67.2 Å². The lowest BCUT2D eigenvalue weighted by Crippen LogP contribution is -2.36. The molecule has 2 aliphatic heterocycles. The van der Waals surface area contributed by atoms with Crippen molar-refractivity contribution in [2.45, 2.75) is 59.9 Å². The maximum Gasteiger partial charge on any atom is 0.134 e. The van der Waals surface area contributed by atoms with Crippen LogP contribution in [0.15, 0.2) is 87.9 Å². The number of amidine groups is 1. The van der Waals surface area contributed by atoms with Crippen molar-refractivity contribution in [3.8, 4) is 6.07 Å². The molecule has 188 valence electrons. The molecule has 7 heteroatoms. The average molecular weight is 484 g/mol. The summed E-state index contributed by atoms with van der Waals surface area (Å²) in [6, 6.07) is 2.00. The summed E-state index contributed by atoms with van der Waals surface area (Å²) in [7, 11) is 0. The zero-order chi connectivity index (χ0) is 26.3. The smallest absolute Gasteiger partial charge is 0.134 e. The predicted molar refractivity (Wildman–Crippen MR) is 150 cm³/mol. The largest absolute Gasteiger partial charge is 0.352 e. The second-order valence-corrected chi connectivity index (χ2v) is 8.48. The Morgan fingerprint density at radius 1 is 1.19 bits per heavy atom. The molecule has 0 fully saturated rings. The van der Waals surface area contributed by atoms with E-state index in [1.165, 1.54) is 17.5 Å². The van der Waals surface area contributed by atoms with Crippen molar-refractivity contribution in [3.63, 3.8) is 0 Å². The Labute approximate surface area is 215 Å². The molecule has 36 heavy (non-hydrogen) atoms. The van der Waals surface area contributed by atoms with E-state index >= 15 is 0 Å². The summed E-state index contributed by atoms with van der Waals surface area (Å²) in [6.07, 6.45) is 20.3. The van der Waals surface area contributed by atoms with Crippen molar-refractivity contribution < 1.29 is 0 Å². The highest BCUT2D eigenvalue weighted by atomic mass is 15.3. The van der Waals surface area contributed by atoms with Crippen LogP contribution in [0.25, 0.3) is 0 Å². The van der Waals surface area contributed by atoms with Gasteiger partial charge < -0.3 is 15.3 Å². The maximum atomic E-state index is 8.73. The van der Waals surface area contributed by atoms with Gasteiger partial charge in [-0.15, -0.1) is 5.10 Å². The molecule has 7 nitrogen and oxygen atoms in total. The van der Waals surface area contributed by atoms with Gasteiger partial charge in [0, 0.05) is 24.8 Å². The molecule has 2 N–H and O–H groups in total. The SMILES string of the molecule is C=C(C#N)/C=C\C=C(/CC)C1=NN=C(N2CCc3nc[nH]c3C2)C1.CC\C=C/C=C(C)\C(C)=C\C=N. The van der Waals surface area contributed by atoms with Crippen LogP contribution in [-0.4, -0.2) is 39.2 Å². The number of aromatic nitrogens is 2. The van der Waals surface area contributed by atoms with Crippen LogP contribution in [0.4, 0.5) is 0 Å². The molecule has 0 unspecified atom stereocenters. The molecule has 0 spiro atoms. The minimum absolute atomic E-state index is 0.440. The molecule has 2 aliphatic rings. The molecule has 3 rings (SSSR count). The van der Waals surface area contributed by atoms with Gasteiger partial charge in [0.1, 0.15) is 5.84 Å². The van der Waals surface area contributed by atoms with E-state index in [0.29, 0.717) is 5.57 Å². The zero-order valence-electron chi connectivity index (χ0n) is 21.9. The van der Waals surface area contributed by atoms with Gasteiger partial charge in [-0.25, -0.2) is 4.98 Å². The fourth-order valence-corrected chi connectivity index (χ4v) is 3.60. The fraction of sp³-hybridized carbons (Fsp3) is 0.345. The first-order valence-electron chi connectivity index (χ1n) is 12.3. The van der Waals surface area contributed by atoms with Crippen LogP contribution in [0.3, 0.4) is 0 Å². The van der Waals surface area contributed by atoms with Crippen LogP contribution in [0.1, 0.15) is 58.3 Å². The summed E-state index contributed by atoms with van der Waals surface area (Å²) in [4.78, 5) is 9.79. The number of hydrogen-bond donors (Lipinski definition) is 2. The number of nitriles is 1. The third kappa shape index (κ3) is 8.62. The van der Waals surface area contributed by atoms with E-state index in [1.807, 2.05) is 25.1 Å². The number of allylic oxidation sites excluding steroid dienone is 11. The van der Waals surface area contributed by atoms with Gasteiger partial charge in [-0.3, -0.25) is 0 Å². The minimum Gasteiger partial charge on any atom is -0.352 e. The van der Waals surface area contributed by atoms with Gasteiger partial charge in [0.2, 0.25) is 0 Å². The number of rotatable bonds is 8. The molecule has 0 atom stereocenters. The van der Waals surface area contributed by atoms with Crippen molar-refractivity contribution in [2.24, 2.45) is 10.2 Å². The van der Waals surface area contributed by atoms with Crippen molar-refractivity contribution >= 4 is 17.8 Å². The van der Waals surface area contributed by atoms with Crippen molar-refractivity contribution in [1.82, 2.24) is 14.9 Å². The minimum atomic E-state index is 0.440. The Hall–Kier alpha value is -4.05. The summed E-state index contributed by atoms with van der Waals surface area (Å²) in [6.45, 7) is 13.6. The van der Waals surface area contributed by atoms with Crippen molar-refractivity contribution in [3.05, 3.63) is 89.1 Å². The van der Waals surface area contributed by atoms with E-state index < -0.39 is 0 Å². The number of H-pyrrole nitrogens is 1. The van der Waals surface area contributed by atoms with Crippen molar-refractivity contribution in [1.29, 1.82) is 10.7 Å². The molecule has 1 aromatic heterocycles. The van der Waals surface area contributed by atoms with Gasteiger partial charge in [0.25, 0.3) is 0 Å². The van der Waals surface area contributed by atoms with Gasteiger partial charge in [-0.2, -0.15) is 10.4 Å². The quantitative estimate of drug-likeness (QED) is 0.254. The highest BCUT2D eigenvalue weighted by Gasteiger charge is 2.25. The van der Waals surface area contributed by atoms with E-state index in [4.69, 9.17) is 10.7 Å². The average Bonchev–Trinajstić information content (AvgIpc) is 3.56. The molecular formula is C29H37N7. The summed E-state index contributed by atoms with van der Waals surface area (Å²) in [5, 5.41) is 24.4. The number of nitrogens with zero attached hydrogens (tertiary/aromatic N) is 5. The van der Waals surface area contributed by atoms with E-state index in [9.17, 15) is 0 Å². The van der Waals surface area contributed by atoms with Gasteiger partial charge in [-0.05, 0) is 55.6 Å². The van der Waals surface area contributed by atoms with E-state index in [1.54, 1.807) is 18.5 Å². The molecule has 0 saturated carbocycles. The van der Waals surface area contributed by atoms with Gasteiger partial charge in [-0.1, -0.05) is 50.8 Å². The van der Waals surface area contributed by atoms with E-state index in [2.05, 4.69) is 70.6 Å². The molecule has 0 aromatic carbocycles. The van der Waals surface area contributed by atoms with Gasteiger partial charge >= 0.3 is 0 Å². The first kappa shape index (κ1) is 28.2. The fourth-order valence-electron chi connectivity index (χ4n) is 3.60. The molecule has 0 aliphatic carbocycles.